The molecule has 0 radical (unpaired) electrons. The topological polar surface area (TPSA) is 61.4 Å². The summed E-state index contributed by atoms with van der Waals surface area (Å²) in [5.41, 5.74) is 2.19. The van der Waals surface area contributed by atoms with E-state index >= 15 is 0 Å². The Morgan fingerprint density at radius 1 is 0.821 bits per heavy atom. The minimum Gasteiger partial charge on any atom is -0.376 e. The summed E-state index contributed by atoms with van der Waals surface area (Å²) in [5.74, 6) is -0.142. The molecule has 0 aliphatic rings. The molecule has 0 heterocycles. The predicted octanol–water partition coefficient (Wildman–Crippen LogP) is 4.37. The largest absolute Gasteiger partial charge is 0.376 e. The zero-order valence-electron chi connectivity index (χ0n) is 16.2. The lowest BCUT2D eigenvalue weighted by Gasteiger charge is -2.18. The Labute approximate surface area is 165 Å². The summed E-state index contributed by atoms with van der Waals surface area (Å²) in [6, 6.07) is 21.1. The van der Waals surface area contributed by atoms with Gasteiger partial charge in [-0.05, 0) is 61.0 Å². The second-order valence-corrected chi connectivity index (χ2v) is 6.52. The first-order chi connectivity index (χ1) is 13.6. The van der Waals surface area contributed by atoms with E-state index in [-0.39, 0.29) is 18.4 Å². The van der Waals surface area contributed by atoms with Crippen molar-refractivity contribution >= 4 is 34.0 Å². The third kappa shape index (κ3) is 4.68. The Kier molecular flexibility index (Phi) is 6.27. The number of fused-ring (bicyclic) bond motifs is 1. The normalized spacial score (nSPS) is 10.5. The molecule has 3 rings (SSSR count). The smallest absolute Gasteiger partial charge is 0.253 e. The molecular formula is C23H25N3O2. The lowest BCUT2D eigenvalue weighted by molar-refractivity contribution is -0.114. The Morgan fingerprint density at radius 3 is 2.14 bits per heavy atom. The third-order valence-electron chi connectivity index (χ3n) is 4.67. The summed E-state index contributed by atoms with van der Waals surface area (Å²) < 4.78 is 0. The molecule has 28 heavy (non-hydrogen) atoms. The fourth-order valence-electron chi connectivity index (χ4n) is 3.08. The van der Waals surface area contributed by atoms with E-state index in [0.717, 1.165) is 16.5 Å². The average Bonchev–Trinajstić information content (AvgIpc) is 2.73. The maximum absolute atomic E-state index is 12.3. The number of carbonyl (C=O) groups is 2. The van der Waals surface area contributed by atoms with Crippen LogP contribution in [0.2, 0.25) is 0 Å². The quantitative estimate of drug-likeness (QED) is 0.644. The first-order valence-corrected chi connectivity index (χ1v) is 9.52. The lowest BCUT2D eigenvalue weighted by atomic mass is 10.1. The van der Waals surface area contributed by atoms with Crippen LogP contribution in [0.5, 0.6) is 0 Å². The molecule has 0 saturated heterocycles. The van der Waals surface area contributed by atoms with Crippen molar-refractivity contribution in [3.63, 3.8) is 0 Å². The number of benzene rings is 3. The third-order valence-corrected chi connectivity index (χ3v) is 4.67. The second-order valence-electron chi connectivity index (χ2n) is 6.52. The first kappa shape index (κ1) is 19.4. The van der Waals surface area contributed by atoms with Crippen LogP contribution in [0.1, 0.15) is 24.2 Å². The van der Waals surface area contributed by atoms with Crippen molar-refractivity contribution in [1.29, 1.82) is 0 Å². The summed E-state index contributed by atoms with van der Waals surface area (Å²) in [6.45, 7) is 5.43. The van der Waals surface area contributed by atoms with Gasteiger partial charge in [0.25, 0.3) is 5.91 Å². The molecule has 0 bridgehead atoms. The van der Waals surface area contributed by atoms with E-state index in [9.17, 15) is 9.59 Å². The minimum absolute atomic E-state index is 0.000785. The van der Waals surface area contributed by atoms with E-state index in [4.69, 9.17) is 0 Å². The molecule has 0 fully saturated rings. The number of hydrogen-bond donors (Lipinski definition) is 2. The highest BCUT2D eigenvalue weighted by Crippen LogP contribution is 2.18. The van der Waals surface area contributed by atoms with Gasteiger partial charge in [-0.15, -0.1) is 0 Å². The van der Waals surface area contributed by atoms with E-state index in [2.05, 4.69) is 16.7 Å². The van der Waals surface area contributed by atoms with Gasteiger partial charge in [0, 0.05) is 30.0 Å². The SMILES string of the molecule is CCN(CC)C(=O)c1ccc(NC(=O)CNc2ccc3ccccc3c2)cc1. The number of amides is 2. The number of carbonyl (C=O) groups excluding carboxylic acids is 2. The van der Waals surface area contributed by atoms with Crippen LogP contribution in [0.15, 0.2) is 66.7 Å². The maximum Gasteiger partial charge on any atom is 0.253 e. The summed E-state index contributed by atoms with van der Waals surface area (Å²) in [7, 11) is 0. The van der Waals surface area contributed by atoms with Crippen LogP contribution in [0.3, 0.4) is 0 Å². The fourth-order valence-corrected chi connectivity index (χ4v) is 3.08. The van der Waals surface area contributed by atoms with Gasteiger partial charge in [-0.2, -0.15) is 0 Å². The highest BCUT2D eigenvalue weighted by molar-refractivity contribution is 5.97. The van der Waals surface area contributed by atoms with Gasteiger partial charge >= 0.3 is 0 Å². The van der Waals surface area contributed by atoms with Crippen molar-refractivity contribution in [3.8, 4) is 0 Å². The van der Waals surface area contributed by atoms with Gasteiger partial charge in [-0.3, -0.25) is 9.59 Å². The fraction of sp³-hybridized carbons (Fsp3) is 0.217. The number of anilines is 2. The Morgan fingerprint density at radius 2 is 1.46 bits per heavy atom. The van der Waals surface area contributed by atoms with E-state index in [1.54, 1.807) is 29.2 Å². The highest BCUT2D eigenvalue weighted by Gasteiger charge is 2.12. The number of nitrogens with zero attached hydrogens (tertiary/aromatic N) is 1. The van der Waals surface area contributed by atoms with Gasteiger partial charge < -0.3 is 15.5 Å². The summed E-state index contributed by atoms with van der Waals surface area (Å²) in [6.07, 6.45) is 0. The van der Waals surface area contributed by atoms with E-state index < -0.39 is 0 Å². The van der Waals surface area contributed by atoms with Crippen LogP contribution in [0.25, 0.3) is 10.8 Å². The maximum atomic E-state index is 12.3. The summed E-state index contributed by atoms with van der Waals surface area (Å²) >= 11 is 0. The molecule has 144 valence electrons. The molecule has 2 N–H and O–H groups in total. The van der Waals surface area contributed by atoms with Crippen molar-refractivity contribution in [3.05, 3.63) is 72.3 Å². The molecule has 3 aromatic rings. The molecule has 0 unspecified atom stereocenters. The van der Waals surface area contributed by atoms with Gasteiger partial charge in [-0.1, -0.05) is 30.3 Å². The molecule has 0 aliphatic carbocycles. The van der Waals surface area contributed by atoms with Crippen LogP contribution in [0.4, 0.5) is 11.4 Å². The van der Waals surface area contributed by atoms with Crippen LogP contribution in [-0.2, 0) is 4.79 Å². The van der Waals surface area contributed by atoms with Crippen molar-refractivity contribution in [2.45, 2.75) is 13.8 Å². The second kappa shape index (κ2) is 9.04. The molecule has 5 heteroatoms. The number of nitrogens with one attached hydrogen (secondary N) is 2. The van der Waals surface area contributed by atoms with Crippen molar-refractivity contribution < 1.29 is 9.59 Å². The molecule has 5 nitrogen and oxygen atoms in total. The van der Waals surface area contributed by atoms with Crippen LogP contribution in [0, 0.1) is 0 Å². The monoisotopic (exact) mass is 375 g/mol. The highest BCUT2D eigenvalue weighted by atomic mass is 16.2. The zero-order valence-corrected chi connectivity index (χ0v) is 16.2. The molecular weight excluding hydrogens is 350 g/mol. The summed E-state index contributed by atoms with van der Waals surface area (Å²) in [5, 5.41) is 8.28. The molecule has 2 amide bonds. The first-order valence-electron chi connectivity index (χ1n) is 9.52. The van der Waals surface area contributed by atoms with E-state index in [1.807, 2.05) is 50.2 Å². The van der Waals surface area contributed by atoms with Crippen LogP contribution >= 0.6 is 0 Å². The predicted molar refractivity (Wildman–Crippen MR) is 115 cm³/mol. The molecule has 0 saturated carbocycles. The van der Waals surface area contributed by atoms with Crippen LogP contribution < -0.4 is 10.6 Å². The zero-order chi connectivity index (χ0) is 19.9. The van der Waals surface area contributed by atoms with E-state index in [0.29, 0.717) is 24.3 Å². The van der Waals surface area contributed by atoms with Crippen molar-refractivity contribution in [2.75, 3.05) is 30.3 Å². The Bertz CT molecular complexity index is 963. The molecule has 0 spiro atoms. The van der Waals surface area contributed by atoms with Gasteiger partial charge in [0.05, 0.1) is 6.54 Å². The van der Waals surface area contributed by atoms with Gasteiger partial charge in [0.1, 0.15) is 0 Å². The molecule has 0 aromatic heterocycles. The number of rotatable bonds is 7. The molecule has 0 aliphatic heterocycles. The molecule has 3 aromatic carbocycles. The lowest BCUT2D eigenvalue weighted by Crippen LogP contribution is -2.30. The standard InChI is InChI=1S/C23H25N3O2/c1-3-26(4-2)23(28)18-10-12-20(13-11-18)25-22(27)16-24-21-14-9-17-7-5-6-8-19(17)15-21/h5-15,24H,3-4,16H2,1-2H3,(H,25,27). The van der Waals surface area contributed by atoms with Crippen LogP contribution in [-0.4, -0.2) is 36.3 Å². The Hall–Kier alpha value is -3.34. The average molecular weight is 375 g/mol. The van der Waals surface area contributed by atoms with Crippen molar-refractivity contribution in [1.82, 2.24) is 4.90 Å². The molecule has 0 atom stereocenters. The number of hydrogen-bond acceptors (Lipinski definition) is 3. The summed E-state index contributed by atoms with van der Waals surface area (Å²) in [4.78, 5) is 26.3. The van der Waals surface area contributed by atoms with Gasteiger partial charge in [0.15, 0.2) is 0 Å². The minimum atomic E-state index is -0.143. The van der Waals surface area contributed by atoms with Gasteiger partial charge in [0.2, 0.25) is 5.91 Å². The van der Waals surface area contributed by atoms with E-state index in [1.165, 1.54) is 0 Å². The van der Waals surface area contributed by atoms with Gasteiger partial charge in [-0.25, -0.2) is 0 Å². The van der Waals surface area contributed by atoms with Crippen molar-refractivity contribution in [2.24, 2.45) is 0 Å². The Balaban J connectivity index is 1.56.